The Balaban J connectivity index is 1.45. The van der Waals surface area contributed by atoms with E-state index in [1.165, 1.54) is 12.8 Å². The summed E-state index contributed by atoms with van der Waals surface area (Å²) in [7, 11) is 3.85. The van der Waals surface area contributed by atoms with Crippen LogP contribution >= 0.6 is 0 Å². The lowest BCUT2D eigenvalue weighted by molar-refractivity contribution is 0.0758. The topological polar surface area (TPSA) is 63.5 Å². The smallest absolute Gasteiger partial charge is 0.253 e. The summed E-state index contributed by atoms with van der Waals surface area (Å²) in [5.74, 6) is 2.63. The number of amides is 1. The second-order valence-corrected chi connectivity index (χ2v) is 7.90. The van der Waals surface area contributed by atoms with Gasteiger partial charge < -0.3 is 19.1 Å². The number of rotatable bonds is 4. The molecule has 0 aliphatic carbocycles. The molecule has 2 aliphatic heterocycles. The quantitative estimate of drug-likeness (QED) is 0.807. The van der Waals surface area contributed by atoms with Gasteiger partial charge in [0.15, 0.2) is 0 Å². The van der Waals surface area contributed by atoms with E-state index in [0.717, 1.165) is 48.8 Å². The van der Waals surface area contributed by atoms with Gasteiger partial charge in [-0.15, -0.1) is 10.2 Å². The number of fused-ring (bicyclic) bond motifs is 1. The molecule has 1 fully saturated rings. The summed E-state index contributed by atoms with van der Waals surface area (Å²) in [6, 6.07) is 7.71. The maximum atomic E-state index is 13.0. The molecule has 150 valence electrons. The SMILES string of the molecule is COCc1ccc(C(=O)N2CCc3nnc([C@@H]4CCCN(C)C4)n3CC2)cc1. The van der Waals surface area contributed by atoms with Gasteiger partial charge in [-0.3, -0.25) is 4.79 Å². The molecule has 4 rings (SSSR count). The van der Waals surface area contributed by atoms with Gasteiger partial charge in [-0.2, -0.15) is 0 Å². The van der Waals surface area contributed by atoms with Crippen molar-refractivity contribution in [2.24, 2.45) is 0 Å². The number of carbonyl (C=O) groups excluding carboxylic acids is 1. The van der Waals surface area contributed by atoms with Crippen LogP contribution in [0.4, 0.5) is 0 Å². The number of hydrogen-bond donors (Lipinski definition) is 0. The normalized spacial score (nSPS) is 20.6. The van der Waals surface area contributed by atoms with E-state index >= 15 is 0 Å². The first-order valence-electron chi connectivity index (χ1n) is 10.1. The number of nitrogens with zero attached hydrogens (tertiary/aromatic N) is 5. The molecular formula is C21H29N5O2. The number of methoxy groups -OCH3 is 1. The lowest BCUT2D eigenvalue weighted by Gasteiger charge is -2.29. The molecular weight excluding hydrogens is 354 g/mol. The Morgan fingerprint density at radius 2 is 1.96 bits per heavy atom. The minimum atomic E-state index is 0.0848. The molecule has 0 saturated carbocycles. The summed E-state index contributed by atoms with van der Waals surface area (Å²) in [6.45, 7) is 4.90. The van der Waals surface area contributed by atoms with Gasteiger partial charge >= 0.3 is 0 Å². The number of likely N-dealkylation sites (N-methyl/N-ethyl adjacent to an activating group) is 1. The number of ether oxygens (including phenoxy) is 1. The molecule has 0 radical (unpaired) electrons. The highest BCUT2D eigenvalue weighted by Gasteiger charge is 2.28. The zero-order chi connectivity index (χ0) is 19.5. The maximum Gasteiger partial charge on any atom is 0.253 e. The lowest BCUT2D eigenvalue weighted by atomic mass is 9.97. The average molecular weight is 383 g/mol. The number of carbonyl (C=O) groups is 1. The van der Waals surface area contributed by atoms with Crippen molar-refractivity contribution in [2.75, 3.05) is 40.3 Å². The molecule has 7 nitrogen and oxygen atoms in total. The van der Waals surface area contributed by atoms with E-state index in [0.29, 0.717) is 25.6 Å². The molecule has 0 spiro atoms. The second kappa shape index (κ2) is 8.41. The molecule has 2 aromatic rings. The first kappa shape index (κ1) is 19.1. The number of piperidine rings is 1. The van der Waals surface area contributed by atoms with Crippen molar-refractivity contribution in [1.82, 2.24) is 24.6 Å². The van der Waals surface area contributed by atoms with Crippen LogP contribution in [0.3, 0.4) is 0 Å². The Bertz CT molecular complexity index is 817. The third kappa shape index (κ3) is 3.95. The van der Waals surface area contributed by atoms with Gasteiger partial charge in [-0.25, -0.2) is 0 Å². The first-order chi connectivity index (χ1) is 13.7. The molecule has 7 heteroatoms. The fraction of sp³-hybridized carbons (Fsp3) is 0.571. The maximum absolute atomic E-state index is 13.0. The largest absolute Gasteiger partial charge is 0.380 e. The number of aromatic nitrogens is 3. The van der Waals surface area contributed by atoms with E-state index in [-0.39, 0.29) is 5.91 Å². The van der Waals surface area contributed by atoms with E-state index in [2.05, 4.69) is 26.7 Å². The molecule has 1 aromatic heterocycles. The first-order valence-corrected chi connectivity index (χ1v) is 10.1. The minimum Gasteiger partial charge on any atom is -0.380 e. The van der Waals surface area contributed by atoms with Crippen LogP contribution in [0.25, 0.3) is 0 Å². The summed E-state index contributed by atoms with van der Waals surface area (Å²) in [4.78, 5) is 17.3. The molecule has 1 aromatic carbocycles. The van der Waals surface area contributed by atoms with Crippen molar-refractivity contribution in [3.8, 4) is 0 Å². The van der Waals surface area contributed by atoms with Gasteiger partial charge in [0.05, 0.1) is 6.61 Å². The molecule has 3 heterocycles. The highest BCUT2D eigenvalue weighted by molar-refractivity contribution is 5.94. The molecule has 1 atom stereocenters. The van der Waals surface area contributed by atoms with Crippen molar-refractivity contribution < 1.29 is 9.53 Å². The number of likely N-dealkylation sites (tertiary alicyclic amines) is 1. The number of benzene rings is 1. The van der Waals surface area contributed by atoms with Crippen molar-refractivity contribution in [1.29, 1.82) is 0 Å². The van der Waals surface area contributed by atoms with Crippen molar-refractivity contribution in [3.05, 3.63) is 47.0 Å². The predicted molar refractivity (Wildman–Crippen MR) is 106 cm³/mol. The van der Waals surface area contributed by atoms with Crippen LogP contribution in [-0.4, -0.2) is 70.8 Å². The molecule has 0 unspecified atom stereocenters. The van der Waals surface area contributed by atoms with Crippen LogP contribution in [0.2, 0.25) is 0 Å². The van der Waals surface area contributed by atoms with Crippen molar-refractivity contribution >= 4 is 5.91 Å². The van der Waals surface area contributed by atoms with Crippen LogP contribution in [0.1, 0.15) is 46.3 Å². The van der Waals surface area contributed by atoms with E-state index in [4.69, 9.17) is 4.74 Å². The number of hydrogen-bond acceptors (Lipinski definition) is 5. The molecule has 28 heavy (non-hydrogen) atoms. The van der Waals surface area contributed by atoms with Gasteiger partial charge in [-0.1, -0.05) is 12.1 Å². The summed E-state index contributed by atoms with van der Waals surface area (Å²) in [5, 5.41) is 8.98. The summed E-state index contributed by atoms with van der Waals surface area (Å²) < 4.78 is 7.40. The Morgan fingerprint density at radius 3 is 2.71 bits per heavy atom. The van der Waals surface area contributed by atoms with Crippen molar-refractivity contribution in [3.63, 3.8) is 0 Å². The molecule has 1 amide bonds. The van der Waals surface area contributed by atoms with Crippen LogP contribution < -0.4 is 0 Å². The van der Waals surface area contributed by atoms with Gasteiger partial charge in [0.1, 0.15) is 11.6 Å². The van der Waals surface area contributed by atoms with Gasteiger partial charge in [0.2, 0.25) is 0 Å². The fourth-order valence-corrected chi connectivity index (χ4v) is 4.32. The van der Waals surface area contributed by atoms with E-state index in [1.807, 2.05) is 29.2 Å². The highest BCUT2D eigenvalue weighted by Crippen LogP contribution is 2.26. The van der Waals surface area contributed by atoms with Crippen molar-refractivity contribution in [2.45, 2.75) is 38.3 Å². The van der Waals surface area contributed by atoms with E-state index < -0.39 is 0 Å². The van der Waals surface area contributed by atoms with Crippen LogP contribution in [0.15, 0.2) is 24.3 Å². The molecule has 1 saturated heterocycles. The Hall–Kier alpha value is -2.25. The average Bonchev–Trinajstić information content (AvgIpc) is 3.00. The zero-order valence-corrected chi connectivity index (χ0v) is 16.8. The standard InChI is InChI=1S/C21H29N5O2/c1-24-10-3-4-18(14-24)20-23-22-19-9-11-25(12-13-26(19)20)21(27)17-7-5-16(6-8-17)15-28-2/h5-8,18H,3-4,9-15H2,1-2H3/t18-/m1/s1. The minimum absolute atomic E-state index is 0.0848. The van der Waals surface area contributed by atoms with Gasteiger partial charge in [-0.05, 0) is 44.1 Å². The fourth-order valence-electron chi connectivity index (χ4n) is 4.32. The van der Waals surface area contributed by atoms with Gasteiger partial charge in [0, 0.05) is 51.2 Å². The predicted octanol–water partition coefficient (Wildman–Crippen LogP) is 1.93. The summed E-state index contributed by atoms with van der Waals surface area (Å²) in [6.07, 6.45) is 3.12. The summed E-state index contributed by atoms with van der Waals surface area (Å²) in [5.41, 5.74) is 1.80. The monoisotopic (exact) mass is 383 g/mol. The third-order valence-corrected chi connectivity index (χ3v) is 5.84. The Kier molecular flexibility index (Phi) is 5.73. The Labute approximate surface area is 166 Å². The van der Waals surface area contributed by atoms with Crippen LogP contribution in [0, 0.1) is 0 Å². The van der Waals surface area contributed by atoms with E-state index in [1.54, 1.807) is 7.11 Å². The van der Waals surface area contributed by atoms with Gasteiger partial charge in [0.25, 0.3) is 5.91 Å². The van der Waals surface area contributed by atoms with Crippen LogP contribution in [-0.2, 0) is 24.3 Å². The highest BCUT2D eigenvalue weighted by atomic mass is 16.5. The second-order valence-electron chi connectivity index (χ2n) is 7.90. The lowest BCUT2D eigenvalue weighted by Crippen LogP contribution is -2.34. The van der Waals surface area contributed by atoms with E-state index in [9.17, 15) is 4.79 Å². The van der Waals surface area contributed by atoms with Crippen LogP contribution in [0.5, 0.6) is 0 Å². The summed E-state index contributed by atoms with van der Waals surface area (Å²) >= 11 is 0. The molecule has 2 aliphatic rings. The molecule has 0 N–H and O–H groups in total. The Morgan fingerprint density at radius 1 is 1.14 bits per heavy atom. The third-order valence-electron chi connectivity index (χ3n) is 5.84. The zero-order valence-electron chi connectivity index (χ0n) is 16.8. The molecule has 0 bridgehead atoms.